The van der Waals surface area contributed by atoms with Crippen LogP contribution in [0.1, 0.15) is 112 Å². The van der Waals surface area contributed by atoms with E-state index in [0.717, 1.165) is 57.8 Å². The van der Waals surface area contributed by atoms with E-state index in [2.05, 4.69) is 40.9 Å². The minimum absolute atomic E-state index is 0.184. The normalized spacial score (nSPS) is 40.3. The molecule has 8 fully saturated rings. The predicted molar refractivity (Wildman–Crippen MR) is 172 cm³/mol. The molecular formula is C36H57ClO7. The average Bonchev–Trinajstić information content (AvgIpc) is 2.89. The van der Waals surface area contributed by atoms with Gasteiger partial charge in [-0.2, -0.15) is 0 Å². The first-order valence-corrected chi connectivity index (χ1v) is 17.3. The Kier molecular flexibility index (Phi) is 11.1. The number of aliphatic hydroxyl groups is 1. The Labute approximate surface area is 270 Å². The molecule has 7 nitrogen and oxygen atoms in total. The van der Waals surface area contributed by atoms with Crippen molar-refractivity contribution in [1.29, 1.82) is 0 Å². The van der Waals surface area contributed by atoms with Crippen LogP contribution in [-0.4, -0.2) is 58.2 Å². The third-order valence-corrected chi connectivity index (χ3v) is 11.5. The van der Waals surface area contributed by atoms with Gasteiger partial charge in [-0.05, 0) is 101 Å². The monoisotopic (exact) mass is 636 g/mol. The molecule has 8 heteroatoms. The maximum absolute atomic E-state index is 11.8. The van der Waals surface area contributed by atoms with E-state index in [4.69, 9.17) is 30.5 Å². The molecule has 0 heterocycles. The van der Waals surface area contributed by atoms with Crippen molar-refractivity contribution < 1.29 is 33.6 Å². The van der Waals surface area contributed by atoms with Gasteiger partial charge < -0.3 is 24.1 Å². The first-order chi connectivity index (χ1) is 20.6. The summed E-state index contributed by atoms with van der Waals surface area (Å²) in [5.74, 6) is 2.57. The van der Waals surface area contributed by atoms with Crippen LogP contribution in [0.3, 0.4) is 0 Å². The van der Waals surface area contributed by atoms with E-state index in [1.54, 1.807) is 7.11 Å². The molecule has 0 aromatic heterocycles. The number of carbonyl (C=O) groups excluding carboxylic acids is 2. The van der Waals surface area contributed by atoms with Gasteiger partial charge in [-0.25, -0.2) is 9.59 Å². The summed E-state index contributed by atoms with van der Waals surface area (Å²) in [4.78, 5) is 23.2. The van der Waals surface area contributed by atoms with Crippen LogP contribution in [0.25, 0.3) is 0 Å². The summed E-state index contributed by atoms with van der Waals surface area (Å²) in [5, 5.41) is 10.8. The summed E-state index contributed by atoms with van der Waals surface area (Å²) in [5.41, 5.74) is -1.48. The van der Waals surface area contributed by atoms with Gasteiger partial charge in [0.25, 0.3) is 0 Å². The van der Waals surface area contributed by atoms with Crippen molar-refractivity contribution in [3.05, 3.63) is 25.3 Å². The first kappa shape index (κ1) is 35.4. The van der Waals surface area contributed by atoms with Crippen molar-refractivity contribution >= 4 is 23.5 Å². The number of methoxy groups -OCH3 is 1. The highest BCUT2D eigenvalue weighted by atomic mass is 35.5. The van der Waals surface area contributed by atoms with Crippen LogP contribution in [0.2, 0.25) is 0 Å². The molecule has 8 aliphatic carbocycles. The lowest BCUT2D eigenvalue weighted by Gasteiger charge is -2.61. The fraction of sp³-hybridized carbons (Fsp3) is 0.833. The quantitative estimate of drug-likeness (QED) is 0.121. The van der Waals surface area contributed by atoms with Crippen molar-refractivity contribution in [2.24, 2.45) is 35.5 Å². The molecule has 0 aromatic rings. The molecule has 0 spiro atoms. The summed E-state index contributed by atoms with van der Waals surface area (Å²) in [6, 6.07) is 0. The van der Waals surface area contributed by atoms with Gasteiger partial charge in [0.05, 0.1) is 11.2 Å². The van der Waals surface area contributed by atoms with E-state index < -0.39 is 5.60 Å². The lowest BCUT2D eigenvalue weighted by molar-refractivity contribution is -0.287. The van der Waals surface area contributed by atoms with Crippen molar-refractivity contribution in [1.82, 2.24) is 0 Å². The smallest absolute Gasteiger partial charge is 0.330 e. The third-order valence-electron chi connectivity index (χ3n) is 11.0. The molecule has 6 unspecified atom stereocenters. The molecule has 250 valence electrons. The van der Waals surface area contributed by atoms with Crippen LogP contribution in [-0.2, 0) is 28.5 Å². The van der Waals surface area contributed by atoms with Gasteiger partial charge in [-0.1, -0.05) is 40.9 Å². The summed E-state index contributed by atoms with van der Waals surface area (Å²) in [7, 11) is 1.71. The standard InChI is InChI=1S/C18H28O4.C13H18O3.C5H11Cl/c1-5-15(19)21-17-7-13-6-14(8-17)10-18(9-13,11-17)22-16(20-4)12(2)3;1-2-11(14)16-13-6-9-3-10(7-13)5-12(15,4-9)8-13;1-4(2)5(3)6/h5,12-14,16H,1,6-11H2,2-4H3;2,9-10,15H,1,3-8H2;4-5H,1-3H3. The zero-order valence-corrected chi connectivity index (χ0v) is 28.7. The van der Waals surface area contributed by atoms with Crippen molar-refractivity contribution in [3.63, 3.8) is 0 Å². The lowest BCUT2D eigenvalue weighted by atomic mass is 9.52. The van der Waals surface area contributed by atoms with E-state index in [9.17, 15) is 14.7 Å². The SMILES string of the molecule is C=CC(=O)OC12CC3CC(C1)CC(OC(OC)C(C)C)(C3)C2.C=CC(=O)OC12CC3CC(CC(O)(C3)C1)C2.CC(C)C(C)Cl. The molecule has 0 aliphatic heterocycles. The third kappa shape index (κ3) is 8.29. The highest BCUT2D eigenvalue weighted by molar-refractivity contribution is 6.20. The van der Waals surface area contributed by atoms with Gasteiger partial charge in [0.2, 0.25) is 0 Å². The zero-order chi connectivity index (χ0) is 32.5. The fourth-order valence-electron chi connectivity index (χ4n) is 9.82. The second kappa shape index (κ2) is 13.8. The van der Waals surface area contributed by atoms with E-state index in [1.165, 1.54) is 25.0 Å². The van der Waals surface area contributed by atoms with Crippen molar-refractivity contribution in [2.45, 2.75) is 146 Å². The summed E-state index contributed by atoms with van der Waals surface area (Å²) < 4.78 is 23.4. The van der Waals surface area contributed by atoms with E-state index >= 15 is 0 Å². The van der Waals surface area contributed by atoms with E-state index in [0.29, 0.717) is 47.3 Å². The lowest BCUT2D eigenvalue weighted by Crippen LogP contribution is -2.62. The van der Waals surface area contributed by atoms with Crippen LogP contribution in [0.5, 0.6) is 0 Å². The van der Waals surface area contributed by atoms with Gasteiger partial charge in [0.15, 0.2) is 6.29 Å². The molecule has 0 amide bonds. The number of hydrogen-bond acceptors (Lipinski definition) is 7. The number of halogens is 1. The predicted octanol–water partition coefficient (Wildman–Crippen LogP) is 7.52. The van der Waals surface area contributed by atoms with Gasteiger partial charge >= 0.3 is 11.9 Å². The Hall–Kier alpha value is -1.41. The first-order valence-electron chi connectivity index (χ1n) is 16.8. The maximum atomic E-state index is 11.8. The Morgan fingerprint density at radius 1 is 0.727 bits per heavy atom. The number of hydrogen-bond donors (Lipinski definition) is 1. The molecule has 8 aliphatic rings. The Morgan fingerprint density at radius 3 is 1.45 bits per heavy atom. The van der Waals surface area contributed by atoms with E-state index in [-0.39, 0.29) is 35.0 Å². The topological polar surface area (TPSA) is 91.3 Å². The molecule has 0 aromatic carbocycles. The minimum Gasteiger partial charge on any atom is -0.456 e. The Balaban J connectivity index is 0.000000175. The van der Waals surface area contributed by atoms with Crippen molar-refractivity contribution in [2.75, 3.05) is 7.11 Å². The molecule has 6 atom stereocenters. The highest BCUT2D eigenvalue weighted by Crippen LogP contribution is 2.61. The van der Waals surface area contributed by atoms with Crippen molar-refractivity contribution in [3.8, 4) is 0 Å². The Morgan fingerprint density at radius 2 is 1.11 bits per heavy atom. The highest BCUT2D eigenvalue weighted by Gasteiger charge is 2.61. The average molecular weight is 637 g/mol. The van der Waals surface area contributed by atoms with Crippen LogP contribution in [0.4, 0.5) is 0 Å². The van der Waals surface area contributed by atoms with Crippen LogP contribution in [0.15, 0.2) is 25.3 Å². The fourth-order valence-corrected chi connectivity index (χ4v) is 9.82. The van der Waals surface area contributed by atoms with Gasteiger partial charge in [-0.3, -0.25) is 0 Å². The molecular weight excluding hydrogens is 580 g/mol. The number of ether oxygens (including phenoxy) is 4. The molecule has 1 N–H and O–H groups in total. The molecule has 44 heavy (non-hydrogen) atoms. The van der Waals surface area contributed by atoms with Gasteiger partial charge in [-0.15, -0.1) is 11.6 Å². The second-order valence-electron chi connectivity index (χ2n) is 15.8. The number of alkyl halides is 1. The second-order valence-corrected chi connectivity index (χ2v) is 16.5. The molecule has 8 saturated carbocycles. The zero-order valence-electron chi connectivity index (χ0n) is 27.9. The van der Waals surface area contributed by atoms with Crippen LogP contribution >= 0.6 is 11.6 Å². The van der Waals surface area contributed by atoms with Gasteiger partial charge in [0, 0.05) is 43.4 Å². The summed E-state index contributed by atoms with van der Waals surface area (Å²) >= 11 is 5.61. The summed E-state index contributed by atoms with van der Waals surface area (Å²) in [6.45, 7) is 17.4. The molecule has 8 rings (SSSR count). The van der Waals surface area contributed by atoms with Crippen LogP contribution in [0, 0.1) is 35.5 Å². The molecule has 8 bridgehead atoms. The largest absolute Gasteiger partial charge is 0.456 e. The van der Waals surface area contributed by atoms with E-state index in [1.807, 2.05) is 6.92 Å². The molecule has 0 saturated heterocycles. The summed E-state index contributed by atoms with van der Waals surface area (Å²) in [6.07, 6.45) is 14.0. The Bertz CT molecular complexity index is 1020. The van der Waals surface area contributed by atoms with Gasteiger partial charge in [0.1, 0.15) is 11.2 Å². The molecule has 0 radical (unpaired) electrons. The number of rotatable bonds is 9. The number of esters is 2. The minimum atomic E-state index is -0.564. The van der Waals surface area contributed by atoms with Crippen LogP contribution < -0.4 is 0 Å². The number of carbonyl (C=O) groups is 2. The maximum Gasteiger partial charge on any atom is 0.330 e.